The van der Waals surface area contributed by atoms with E-state index in [-0.39, 0.29) is 24.6 Å². The first-order valence-corrected chi connectivity index (χ1v) is 14.6. The van der Waals surface area contributed by atoms with Gasteiger partial charge in [0.1, 0.15) is 18.4 Å². The van der Waals surface area contributed by atoms with E-state index < -0.39 is 40.2 Å². The van der Waals surface area contributed by atoms with Crippen LogP contribution in [0, 0.1) is 19.7 Å². The van der Waals surface area contributed by atoms with Crippen LogP contribution in [0.3, 0.4) is 0 Å². The number of nitrogens with zero attached hydrogens (tertiary/aromatic N) is 2. The van der Waals surface area contributed by atoms with Crippen molar-refractivity contribution in [3.63, 3.8) is 0 Å². The first kappa shape index (κ1) is 29.8. The van der Waals surface area contributed by atoms with E-state index >= 15 is 0 Å². The maximum absolute atomic E-state index is 14.8. The van der Waals surface area contributed by atoms with Crippen LogP contribution in [-0.4, -0.2) is 50.0 Å². The average molecular weight is 554 g/mol. The Hall–Kier alpha value is -3.72. The summed E-state index contributed by atoms with van der Waals surface area (Å²) in [6.07, 6.45) is 1.20. The third-order valence-corrected chi connectivity index (χ3v) is 7.43. The molecular weight excluding hydrogens is 517 g/mol. The molecule has 1 unspecified atom stereocenters. The fourth-order valence-corrected chi connectivity index (χ4v) is 5.33. The highest BCUT2D eigenvalue weighted by Gasteiger charge is 2.34. The van der Waals surface area contributed by atoms with Gasteiger partial charge in [0.2, 0.25) is 21.8 Å². The maximum atomic E-state index is 14.8. The standard InChI is InChI=1S/C30H36FN3O4S/c1-21(2)32-30(36)28(18-24-11-7-6-8-12-24)33(19-25-13-9-10-14-26(25)31)29(35)20-34(39(5,37)38)27-16-15-22(3)17-23(27)4/h6-17,21,28H,18-20H2,1-5H3,(H,32,36). The molecule has 0 radical (unpaired) electrons. The van der Waals surface area contributed by atoms with Crippen LogP contribution in [0.1, 0.15) is 36.1 Å². The monoisotopic (exact) mass is 553 g/mol. The van der Waals surface area contributed by atoms with Gasteiger partial charge in [0.25, 0.3) is 0 Å². The number of halogens is 1. The summed E-state index contributed by atoms with van der Waals surface area (Å²) in [5.74, 6) is -1.55. The van der Waals surface area contributed by atoms with Crippen LogP contribution in [0.25, 0.3) is 0 Å². The van der Waals surface area contributed by atoms with Crippen molar-refractivity contribution in [3.8, 4) is 0 Å². The van der Waals surface area contributed by atoms with Crippen LogP contribution >= 0.6 is 0 Å². The lowest BCUT2D eigenvalue weighted by molar-refractivity contribution is -0.140. The van der Waals surface area contributed by atoms with Gasteiger partial charge in [-0.05, 0) is 51.0 Å². The minimum Gasteiger partial charge on any atom is -0.352 e. The van der Waals surface area contributed by atoms with Crippen molar-refractivity contribution >= 4 is 27.5 Å². The van der Waals surface area contributed by atoms with Gasteiger partial charge in [0, 0.05) is 24.6 Å². The fraction of sp³-hybridized carbons (Fsp3) is 0.333. The zero-order valence-electron chi connectivity index (χ0n) is 23.0. The second-order valence-electron chi connectivity index (χ2n) is 10.0. The minimum atomic E-state index is -3.88. The summed E-state index contributed by atoms with van der Waals surface area (Å²) in [4.78, 5) is 28.8. The van der Waals surface area contributed by atoms with Crippen molar-refractivity contribution in [1.29, 1.82) is 0 Å². The molecule has 0 saturated carbocycles. The smallest absolute Gasteiger partial charge is 0.244 e. The highest BCUT2D eigenvalue weighted by molar-refractivity contribution is 7.92. The Balaban J connectivity index is 2.08. The number of sulfonamides is 1. The Morgan fingerprint density at radius 2 is 1.59 bits per heavy atom. The summed E-state index contributed by atoms with van der Waals surface area (Å²) >= 11 is 0. The molecule has 7 nitrogen and oxygen atoms in total. The Bertz CT molecular complexity index is 1410. The number of aryl methyl sites for hydroxylation is 2. The van der Waals surface area contributed by atoms with Crippen LogP contribution < -0.4 is 9.62 Å². The number of benzene rings is 3. The van der Waals surface area contributed by atoms with E-state index in [0.717, 1.165) is 21.7 Å². The first-order chi connectivity index (χ1) is 18.4. The number of carbonyl (C=O) groups excluding carboxylic acids is 2. The quantitative estimate of drug-likeness (QED) is 0.382. The first-order valence-electron chi connectivity index (χ1n) is 12.8. The number of amides is 2. The molecule has 3 aromatic rings. The Labute approximate surface area is 230 Å². The van der Waals surface area contributed by atoms with E-state index in [2.05, 4.69) is 5.32 Å². The zero-order valence-corrected chi connectivity index (χ0v) is 23.8. The molecule has 208 valence electrons. The Morgan fingerprint density at radius 3 is 2.18 bits per heavy atom. The molecule has 0 aliphatic heterocycles. The van der Waals surface area contributed by atoms with E-state index in [1.807, 2.05) is 57.2 Å². The highest BCUT2D eigenvalue weighted by atomic mass is 32.2. The molecule has 9 heteroatoms. The van der Waals surface area contributed by atoms with Gasteiger partial charge in [-0.2, -0.15) is 0 Å². The largest absolute Gasteiger partial charge is 0.352 e. The predicted octanol–water partition coefficient (Wildman–Crippen LogP) is 4.37. The van der Waals surface area contributed by atoms with Gasteiger partial charge in [-0.1, -0.05) is 66.2 Å². The van der Waals surface area contributed by atoms with Gasteiger partial charge >= 0.3 is 0 Å². The van der Waals surface area contributed by atoms with Crippen molar-refractivity contribution in [2.75, 3.05) is 17.1 Å². The fourth-order valence-electron chi connectivity index (χ4n) is 4.42. The summed E-state index contributed by atoms with van der Waals surface area (Å²) in [6, 6.07) is 19.3. The molecule has 0 heterocycles. The van der Waals surface area contributed by atoms with E-state index in [1.165, 1.54) is 11.0 Å². The van der Waals surface area contributed by atoms with Crippen LogP contribution in [-0.2, 0) is 32.6 Å². The lowest BCUT2D eigenvalue weighted by Crippen LogP contribution is -2.54. The topological polar surface area (TPSA) is 86.8 Å². The van der Waals surface area contributed by atoms with Crippen LogP contribution in [0.5, 0.6) is 0 Å². The lowest BCUT2D eigenvalue weighted by atomic mass is 10.0. The number of anilines is 1. The molecule has 0 fully saturated rings. The van der Waals surface area contributed by atoms with E-state index in [4.69, 9.17) is 0 Å². The number of hydrogen-bond donors (Lipinski definition) is 1. The molecule has 0 aromatic heterocycles. The molecule has 39 heavy (non-hydrogen) atoms. The lowest BCUT2D eigenvalue weighted by Gasteiger charge is -2.34. The zero-order chi connectivity index (χ0) is 28.7. The molecular formula is C30H36FN3O4S. The molecule has 0 bridgehead atoms. The predicted molar refractivity (Wildman–Crippen MR) is 152 cm³/mol. The molecule has 1 N–H and O–H groups in total. The maximum Gasteiger partial charge on any atom is 0.244 e. The summed E-state index contributed by atoms with van der Waals surface area (Å²) in [5, 5.41) is 2.87. The van der Waals surface area contributed by atoms with Gasteiger partial charge in [-0.3, -0.25) is 13.9 Å². The molecule has 0 spiro atoms. The van der Waals surface area contributed by atoms with E-state index in [0.29, 0.717) is 11.3 Å². The molecule has 2 amide bonds. The SMILES string of the molecule is Cc1ccc(N(CC(=O)N(Cc2ccccc2F)C(Cc2ccccc2)C(=O)NC(C)C)S(C)(=O)=O)c(C)c1. The second-order valence-corrected chi connectivity index (χ2v) is 11.9. The van der Waals surface area contributed by atoms with Crippen molar-refractivity contribution in [3.05, 3.63) is 101 Å². The van der Waals surface area contributed by atoms with Gasteiger partial charge in [0.15, 0.2) is 0 Å². The van der Waals surface area contributed by atoms with Gasteiger partial charge in [-0.25, -0.2) is 12.8 Å². The highest BCUT2D eigenvalue weighted by Crippen LogP contribution is 2.25. The van der Waals surface area contributed by atoms with Crippen molar-refractivity contribution in [2.45, 2.75) is 52.7 Å². The van der Waals surface area contributed by atoms with Crippen LogP contribution in [0.2, 0.25) is 0 Å². The van der Waals surface area contributed by atoms with E-state index in [9.17, 15) is 22.4 Å². The summed E-state index contributed by atoms with van der Waals surface area (Å²) in [7, 11) is -3.88. The molecule has 0 aliphatic carbocycles. The normalized spacial score (nSPS) is 12.2. The third kappa shape index (κ3) is 8.13. The number of nitrogens with one attached hydrogen (secondary N) is 1. The van der Waals surface area contributed by atoms with Crippen molar-refractivity contribution in [1.82, 2.24) is 10.2 Å². The van der Waals surface area contributed by atoms with E-state index in [1.54, 1.807) is 37.3 Å². The Kier molecular flexibility index (Phi) is 9.86. The summed E-state index contributed by atoms with van der Waals surface area (Å²) in [6.45, 7) is 6.54. The Morgan fingerprint density at radius 1 is 0.949 bits per heavy atom. The minimum absolute atomic E-state index is 0.169. The van der Waals surface area contributed by atoms with Gasteiger partial charge in [-0.15, -0.1) is 0 Å². The van der Waals surface area contributed by atoms with Crippen LogP contribution in [0.15, 0.2) is 72.8 Å². The van der Waals surface area contributed by atoms with Crippen molar-refractivity contribution < 1.29 is 22.4 Å². The van der Waals surface area contributed by atoms with Gasteiger partial charge < -0.3 is 10.2 Å². The molecule has 0 aliphatic rings. The third-order valence-electron chi connectivity index (χ3n) is 6.30. The molecule has 0 saturated heterocycles. The molecule has 1 atom stereocenters. The second kappa shape index (κ2) is 12.9. The molecule has 3 rings (SSSR count). The summed E-state index contributed by atoms with van der Waals surface area (Å²) in [5.41, 5.74) is 3.03. The summed E-state index contributed by atoms with van der Waals surface area (Å²) < 4.78 is 41.6. The number of rotatable bonds is 11. The van der Waals surface area contributed by atoms with Gasteiger partial charge in [0.05, 0.1) is 11.9 Å². The number of carbonyl (C=O) groups is 2. The number of hydrogen-bond acceptors (Lipinski definition) is 4. The van der Waals surface area contributed by atoms with Crippen LogP contribution in [0.4, 0.5) is 10.1 Å². The molecule has 3 aromatic carbocycles. The van der Waals surface area contributed by atoms with Crippen molar-refractivity contribution in [2.24, 2.45) is 0 Å². The average Bonchev–Trinajstić information content (AvgIpc) is 2.85.